The molecule has 1 N–H and O–H groups in total. The lowest BCUT2D eigenvalue weighted by Gasteiger charge is -2.10. The van der Waals surface area contributed by atoms with Crippen LogP contribution in [0.5, 0.6) is 11.5 Å². The summed E-state index contributed by atoms with van der Waals surface area (Å²) in [6, 6.07) is 11.9. The Morgan fingerprint density at radius 1 is 1.10 bits per heavy atom. The van der Waals surface area contributed by atoms with Gasteiger partial charge >= 0.3 is 0 Å². The highest BCUT2D eigenvalue weighted by Gasteiger charge is 2.13. The molecule has 0 aliphatic heterocycles. The van der Waals surface area contributed by atoms with Crippen LogP contribution in [-0.2, 0) is 0 Å². The third-order valence-corrected chi connectivity index (χ3v) is 3.90. The lowest BCUT2D eigenvalue weighted by molar-refractivity contribution is 0.353. The maximum absolute atomic E-state index is 5.38. The van der Waals surface area contributed by atoms with Gasteiger partial charge < -0.3 is 14.5 Å². The number of aromatic nitrogens is 2. The first-order chi connectivity index (χ1) is 9.72. The van der Waals surface area contributed by atoms with Crippen molar-refractivity contribution in [1.29, 1.82) is 0 Å². The molecule has 2 aromatic carbocycles. The number of nitrogens with one attached hydrogen (secondary N) is 1. The van der Waals surface area contributed by atoms with E-state index in [0.717, 1.165) is 31.7 Å². The van der Waals surface area contributed by atoms with Crippen molar-refractivity contribution < 1.29 is 9.47 Å². The minimum Gasteiger partial charge on any atom is -0.493 e. The SMILES string of the molecule is COc1cc(-c2nc3ccccc3[nH]2)cc(I)c1OC. The van der Waals surface area contributed by atoms with Gasteiger partial charge in [-0.2, -0.15) is 0 Å². The van der Waals surface area contributed by atoms with Crippen molar-refractivity contribution in [2.45, 2.75) is 0 Å². The average molecular weight is 380 g/mol. The van der Waals surface area contributed by atoms with Crippen LogP contribution in [0.2, 0.25) is 0 Å². The summed E-state index contributed by atoms with van der Waals surface area (Å²) in [5, 5.41) is 0. The number of methoxy groups -OCH3 is 2. The molecule has 3 rings (SSSR count). The first-order valence-electron chi connectivity index (χ1n) is 6.09. The maximum Gasteiger partial charge on any atom is 0.174 e. The van der Waals surface area contributed by atoms with Crippen molar-refractivity contribution >= 4 is 33.6 Å². The number of rotatable bonds is 3. The third-order valence-electron chi connectivity index (χ3n) is 3.10. The summed E-state index contributed by atoms with van der Waals surface area (Å²) in [6.07, 6.45) is 0. The molecule has 0 radical (unpaired) electrons. The Labute approximate surface area is 130 Å². The first kappa shape index (κ1) is 13.2. The molecule has 0 aliphatic carbocycles. The monoisotopic (exact) mass is 380 g/mol. The molecule has 0 fully saturated rings. The fourth-order valence-corrected chi connectivity index (χ4v) is 2.97. The molecular formula is C15H13IN2O2. The minimum absolute atomic E-state index is 0.704. The van der Waals surface area contributed by atoms with Gasteiger partial charge in [-0.1, -0.05) is 12.1 Å². The van der Waals surface area contributed by atoms with E-state index in [2.05, 4.69) is 32.6 Å². The molecule has 3 aromatic rings. The normalized spacial score (nSPS) is 10.8. The largest absolute Gasteiger partial charge is 0.493 e. The van der Waals surface area contributed by atoms with E-state index in [0.29, 0.717) is 5.75 Å². The van der Waals surface area contributed by atoms with E-state index >= 15 is 0 Å². The van der Waals surface area contributed by atoms with Gasteiger partial charge in [0, 0.05) is 5.56 Å². The summed E-state index contributed by atoms with van der Waals surface area (Å²) >= 11 is 2.23. The molecule has 20 heavy (non-hydrogen) atoms. The molecule has 0 saturated carbocycles. The summed E-state index contributed by atoms with van der Waals surface area (Å²) in [6.45, 7) is 0. The minimum atomic E-state index is 0.704. The molecular weight excluding hydrogens is 367 g/mol. The standard InChI is InChI=1S/C15H13IN2O2/c1-19-13-8-9(7-10(16)14(13)20-2)15-17-11-5-3-4-6-12(11)18-15/h3-8H,1-2H3,(H,17,18). The van der Waals surface area contributed by atoms with Crippen molar-refractivity contribution in [3.05, 3.63) is 40.0 Å². The Morgan fingerprint density at radius 2 is 1.90 bits per heavy atom. The number of H-pyrrole nitrogens is 1. The van der Waals surface area contributed by atoms with Crippen LogP contribution in [0.3, 0.4) is 0 Å². The van der Waals surface area contributed by atoms with Crippen molar-refractivity contribution in [2.75, 3.05) is 14.2 Å². The summed E-state index contributed by atoms with van der Waals surface area (Å²) in [5.41, 5.74) is 2.95. The summed E-state index contributed by atoms with van der Waals surface area (Å²) in [5.74, 6) is 2.27. The lowest BCUT2D eigenvalue weighted by atomic mass is 10.2. The third kappa shape index (κ3) is 2.22. The number of benzene rings is 2. The smallest absolute Gasteiger partial charge is 0.174 e. The van der Waals surface area contributed by atoms with Gasteiger partial charge in [-0.15, -0.1) is 0 Å². The molecule has 4 nitrogen and oxygen atoms in total. The van der Waals surface area contributed by atoms with E-state index in [-0.39, 0.29) is 0 Å². The predicted molar refractivity (Wildman–Crippen MR) is 87.4 cm³/mol. The van der Waals surface area contributed by atoms with Gasteiger partial charge in [-0.05, 0) is 46.9 Å². The molecule has 0 amide bonds. The van der Waals surface area contributed by atoms with E-state index in [1.54, 1.807) is 14.2 Å². The molecule has 0 unspecified atom stereocenters. The van der Waals surface area contributed by atoms with Crippen LogP contribution in [0.4, 0.5) is 0 Å². The van der Waals surface area contributed by atoms with E-state index in [4.69, 9.17) is 9.47 Å². The van der Waals surface area contributed by atoms with Gasteiger partial charge in [-0.25, -0.2) is 4.98 Å². The number of para-hydroxylation sites is 2. The van der Waals surface area contributed by atoms with Crippen LogP contribution in [-0.4, -0.2) is 24.2 Å². The van der Waals surface area contributed by atoms with Gasteiger partial charge in [0.05, 0.1) is 28.8 Å². The topological polar surface area (TPSA) is 47.1 Å². The predicted octanol–water partition coefficient (Wildman–Crippen LogP) is 3.85. The molecule has 0 aliphatic rings. The number of nitrogens with zero attached hydrogens (tertiary/aromatic N) is 1. The number of hydrogen-bond donors (Lipinski definition) is 1. The zero-order valence-electron chi connectivity index (χ0n) is 11.1. The zero-order chi connectivity index (χ0) is 14.1. The number of aromatic amines is 1. The highest BCUT2D eigenvalue weighted by Crippen LogP contribution is 2.36. The zero-order valence-corrected chi connectivity index (χ0v) is 13.3. The Morgan fingerprint density at radius 3 is 2.60 bits per heavy atom. The molecule has 0 spiro atoms. The molecule has 0 saturated heterocycles. The van der Waals surface area contributed by atoms with Crippen LogP contribution >= 0.6 is 22.6 Å². The molecule has 5 heteroatoms. The fraction of sp³-hybridized carbons (Fsp3) is 0.133. The van der Waals surface area contributed by atoms with E-state index in [1.807, 2.05) is 36.4 Å². The quantitative estimate of drug-likeness (QED) is 0.703. The van der Waals surface area contributed by atoms with Gasteiger partial charge in [-0.3, -0.25) is 0 Å². The molecule has 102 valence electrons. The second-order valence-electron chi connectivity index (χ2n) is 4.30. The fourth-order valence-electron chi connectivity index (χ4n) is 2.14. The van der Waals surface area contributed by atoms with Gasteiger partial charge in [0.15, 0.2) is 11.5 Å². The van der Waals surface area contributed by atoms with Crippen molar-refractivity contribution in [2.24, 2.45) is 0 Å². The number of ether oxygens (including phenoxy) is 2. The highest BCUT2D eigenvalue weighted by molar-refractivity contribution is 14.1. The van der Waals surface area contributed by atoms with Crippen molar-refractivity contribution in [3.8, 4) is 22.9 Å². The number of imidazole rings is 1. The Bertz CT molecular complexity index is 735. The second kappa shape index (κ2) is 5.32. The highest BCUT2D eigenvalue weighted by atomic mass is 127. The average Bonchev–Trinajstić information content (AvgIpc) is 2.90. The van der Waals surface area contributed by atoms with Crippen LogP contribution < -0.4 is 9.47 Å². The van der Waals surface area contributed by atoms with Crippen LogP contribution in [0.25, 0.3) is 22.4 Å². The lowest BCUT2D eigenvalue weighted by Crippen LogP contribution is -1.94. The van der Waals surface area contributed by atoms with Crippen LogP contribution in [0, 0.1) is 3.57 Å². The second-order valence-corrected chi connectivity index (χ2v) is 5.46. The van der Waals surface area contributed by atoms with Gasteiger partial charge in [0.1, 0.15) is 5.82 Å². The van der Waals surface area contributed by atoms with Crippen LogP contribution in [0.1, 0.15) is 0 Å². The van der Waals surface area contributed by atoms with E-state index in [9.17, 15) is 0 Å². The number of fused-ring (bicyclic) bond motifs is 1. The van der Waals surface area contributed by atoms with Crippen molar-refractivity contribution in [3.63, 3.8) is 0 Å². The maximum atomic E-state index is 5.38. The summed E-state index contributed by atoms with van der Waals surface area (Å²) in [7, 11) is 3.28. The van der Waals surface area contributed by atoms with Crippen LogP contribution in [0.15, 0.2) is 36.4 Å². The van der Waals surface area contributed by atoms with Gasteiger partial charge in [0.25, 0.3) is 0 Å². The van der Waals surface area contributed by atoms with Crippen molar-refractivity contribution in [1.82, 2.24) is 9.97 Å². The molecule has 0 atom stereocenters. The summed E-state index contributed by atoms with van der Waals surface area (Å²) in [4.78, 5) is 7.92. The molecule has 0 bridgehead atoms. The molecule has 1 heterocycles. The van der Waals surface area contributed by atoms with Gasteiger partial charge in [0.2, 0.25) is 0 Å². The van der Waals surface area contributed by atoms with E-state index in [1.165, 1.54) is 0 Å². The van der Waals surface area contributed by atoms with E-state index < -0.39 is 0 Å². The Kier molecular flexibility index (Phi) is 3.52. The molecule has 1 aromatic heterocycles. The number of hydrogen-bond acceptors (Lipinski definition) is 3. The Balaban J connectivity index is 2.16. The first-order valence-corrected chi connectivity index (χ1v) is 7.17. The summed E-state index contributed by atoms with van der Waals surface area (Å²) < 4.78 is 11.7. The number of halogens is 1. The Hall–Kier alpha value is -1.76.